The van der Waals surface area contributed by atoms with Gasteiger partial charge in [0.15, 0.2) is 17.3 Å². The summed E-state index contributed by atoms with van der Waals surface area (Å²) in [6, 6.07) is 12.2. The minimum atomic E-state index is -0.955. The number of rotatable bonds is 4. The van der Waals surface area contributed by atoms with Crippen LogP contribution in [-0.2, 0) is 0 Å². The zero-order chi connectivity index (χ0) is 17.1. The number of nitrogens with one attached hydrogen (secondary N) is 1. The zero-order valence-electron chi connectivity index (χ0n) is 12.8. The molecule has 1 aromatic heterocycles. The molecule has 24 heavy (non-hydrogen) atoms. The number of aromatic nitrogens is 3. The van der Waals surface area contributed by atoms with Gasteiger partial charge in [-0.1, -0.05) is 24.3 Å². The summed E-state index contributed by atoms with van der Waals surface area (Å²) in [5.41, 5.74) is 1.32. The van der Waals surface area contributed by atoms with Gasteiger partial charge in [-0.25, -0.2) is 8.78 Å². The maximum atomic E-state index is 13.3. The highest BCUT2D eigenvalue weighted by Gasteiger charge is 2.16. The average molecular weight is 328 g/mol. The van der Waals surface area contributed by atoms with Crippen LogP contribution >= 0.6 is 0 Å². The van der Waals surface area contributed by atoms with Gasteiger partial charge >= 0.3 is 0 Å². The van der Waals surface area contributed by atoms with Crippen LogP contribution in [0.25, 0.3) is 5.69 Å². The molecule has 0 aliphatic carbocycles. The standard InChI is InChI=1S/C17H14F2N4O/c1-11(12-7-8-14(18)15(19)9-12)21-17(24)16-10-20-23(22-16)13-5-3-2-4-6-13/h2-11H,1H3,(H,21,24). The Balaban J connectivity index is 1.73. The summed E-state index contributed by atoms with van der Waals surface area (Å²) in [7, 11) is 0. The molecule has 0 bridgehead atoms. The summed E-state index contributed by atoms with van der Waals surface area (Å²) in [6.45, 7) is 1.67. The summed E-state index contributed by atoms with van der Waals surface area (Å²) >= 11 is 0. The molecule has 1 heterocycles. The van der Waals surface area contributed by atoms with Crippen LogP contribution in [0.15, 0.2) is 54.7 Å². The van der Waals surface area contributed by atoms with Crippen molar-refractivity contribution in [3.8, 4) is 5.69 Å². The number of nitrogens with zero attached hydrogens (tertiary/aromatic N) is 3. The van der Waals surface area contributed by atoms with Crippen LogP contribution in [0, 0.1) is 11.6 Å². The van der Waals surface area contributed by atoms with E-state index in [1.807, 2.05) is 30.3 Å². The van der Waals surface area contributed by atoms with Gasteiger partial charge in [0.25, 0.3) is 5.91 Å². The first-order chi connectivity index (χ1) is 11.5. The highest BCUT2D eigenvalue weighted by Crippen LogP contribution is 2.16. The first-order valence-electron chi connectivity index (χ1n) is 7.28. The summed E-state index contributed by atoms with van der Waals surface area (Å²) in [5.74, 6) is -2.33. The molecular formula is C17H14F2N4O. The minimum Gasteiger partial charge on any atom is -0.344 e. The van der Waals surface area contributed by atoms with Crippen LogP contribution in [0.4, 0.5) is 8.78 Å². The summed E-state index contributed by atoms with van der Waals surface area (Å²) in [5, 5.41) is 10.8. The van der Waals surface area contributed by atoms with E-state index in [9.17, 15) is 13.6 Å². The summed E-state index contributed by atoms with van der Waals surface area (Å²) < 4.78 is 26.2. The second-order valence-corrected chi connectivity index (χ2v) is 5.22. The minimum absolute atomic E-state index is 0.133. The third-order valence-corrected chi connectivity index (χ3v) is 3.50. The Bertz CT molecular complexity index is 864. The molecule has 1 atom stereocenters. The van der Waals surface area contributed by atoms with E-state index in [1.165, 1.54) is 17.1 Å². The highest BCUT2D eigenvalue weighted by atomic mass is 19.2. The number of hydrogen-bond acceptors (Lipinski definition) is 3. The van der Waals surface area contributed by atoms with Gasteiger partial charge in [0.05, 0.1) is 17.9 Å². The topological polar surface area (TPSA) is 59.8 Å². The van der Waals surface area contributed by atoms with Crippen LogP contribution in [-0.4, -0.2) is 20.9 Å². The van der Waals surface area contributed by atoms with E-state index in [0.717, 1.165) is 17.8 Å². The van der Waals surface area contributed by atoms with Crippen LogP contribution in [0.5, 0.6) is 0 Å². The molecule has 1 unspecified atom stereocenters. The Kier molecular flexibility index (Phi) is 4.33. The van der Waals surface area contributed by atoms with E-state index in [1.54, 1.807) is 6.92 Å². The molecule has 1 amide bonds. The number of carbonyl (C=O) groups excluding carboxylic acids is 1. The van der Waals surface area contributed by atoms with Gasteiger partial charge in [-0.05, 0) is 36.8 Å². The van der Waals surface area contributed by atoms with E-state index in [2.05, 4.69) is 15.5 Å². The fourth-order valence-electron chi connectivity index (χ4n) is 2.19. The van der Waals surface area contributed by atoms with E-state index in [4.69, 9.17) is 0 Å². The summed E-state index contributed by atoms with van der Waals surface area (Å²) in [4.78, 5) is 13.6. The van der Waals surface area contributed by atoms with E-state index in [0.29, 0.717) is 5.56 Å². The molecule has 7 heteroatoms. The lowest BCUT2D eigenvalue weighted by atomic mass is 10.1. The first kappa shape index (κ1) is 15.8. The van der Waals surface area contributed by atoms with E-state index in [-0.39, 0.29) is 5.69 Å². The van der Waals surface area contributed by atoms with Crippen LogP contribution in [0.2, 0.25) is 0 Å². The Morgan fingerprint density at radius 3 is 2.58 bits per heavy atom. The number of para-hydroxylation sites is 1. The molecule has 5 nitrogen and oxygen atoms in total. The van der Waals surface area contributed by atoms with Gasteiger partial charge in [-0.2, -0.15) is 9.90 Å². The SMILES string of the molecule is CC(NC(=O)c1cnn(-c2ccccc2)n1)c1ccc(F)c(F)c1. The predicted molar refractivity (Wildman–Crippen MR) is 83.6 cm³/mol. The number of hydrogen-bond donors (Lipinski definition) is 1. The average Bonchev–Trinajstić information content (AvgIpc) is 3.08. The van der Waals surface area contributed by atoms with Crippen molar-refractivity contribution in [2.75, 3.05) is 0 Å². The highest BCUT2D eigenvalue weighted by molar-refractivity contribution is 5.92. The van der Waals surface area contributed by atoms with Crippen molar-refractivity contribution >= 4 is 5.91 Å². The number of carbonyl (C=O) groups is 1. The van der Waals surface area contributed by atoms with Crippen molar-refractivity contribution in [3.05, 3.63) is 77.6 Å². The van der Waals surface area contributed by atoms with Crippen molar-refractivity contribution in [2.45, 2.75) is 13.0 Å². The largest absolute Gasteiger partial charge is 0.344 e. The lowest BCUT2D eigenvalue weighted by Crippen LogP contribution is -2.27. The molecule has 3 aromatic rings. The molecule has 0 saturated heterocycles. The van der Waals surface area contributed by atoms with Gasteiger partial charge in [-0.3, -0.25) is 4.79 Å². The maximum Gasteiger partial charge on any atom is 0.273 e. The van der Waals surface area contributed by atoms with Gasteiger partial charge in [-0.15, -0.1) is 5.10 Å². The smallest absolute Gasteiger partial charge is 0.273 e. The second-order valence-electron chi connectivity index (χ2n) is 5.22. The molecule has 0 fully saturated rings. The molecule has 0 spiro atoms. The predicted octanol–water partition coefficient (Wildman–Crippen LogP) is 3.04. The van der Waals surface area contributed by atoms with E-state index < -0.39 is 23.6 Å². The molecule has 1 N–H and O–H groups in total. The van der Waals surface area contributed by atoms with Crippen molar-refractivity contribution in [1.82, 2.24) is 20.3 Å². The van der Waals surface area contributed by atoms with Gasteiger partial charge in [0.1, 0.15) is 0 Å². The molecular weight excluding hydrogens is 314 g/mol. The molecule has 0 radical (unpaired) electrons. The Morgan fingerprint density at radius 1 is 1.12 bits per heavy atom. The monoisotopic (exact) mass is 328 g/mol. The van der Waals surface area contributed by atoms with Crippen molar-refractivity contribution in [1.29, 1.82) is 0 Å². The van der Waals surface area contributed by atoms with Crippen LogP contribution < -0.4 is 5.32 Å². The van der Waals surface area contributed by atoms with Crippen LogP contribution in [0.3, 0.4) is 0 Å². The zero-order valence-corrected chi connectivity index (χ0v) is 12.8. The summed E-state index contributed by atoms with van der Waals surface area (Å²) in [6.07, 6.45) is 1.35. The fourth-order valence-corrected chi connectivity index (χ4v) is 2.19. The third-order valence-electron chi connectivity index (χ3n) is 3.50. The number of halogens is 2. The second kappa shape index (κ2) is 6.57. The number of benzene rings is 2. The molecule has 0 saturated carbocycles. The van der Waals surface area contributed by atoms with Crippen LogP contribution in [0.1, 0.15) is 29.0 Å². The maximum absolute atomic E-state index is 13.3. The molecule has 0 aliphatic heterocycles. The number of amides is 1. The third kappa shape index (κ3) is 3.29. The molecule has 0 aliphatic rings. The first-order valence-corrected chi connectivity index (χ1v) is 7.28. The fraction of sp³-hybridized carbons (Fsp3) is 0.118. The molecule has 2 aromatic carbocycles. The quantitative estimate of drug-likeness (QED) is 0.801. The van der Waals surface area contributed by atoms with Crippen molar-refractivity contribution in [2.24, 2.45) is 0 Å². The lowest BCUT2D eigenvalue weighted by molar-refractivity contribution is 0.0934. The van der Waals surface area contributed by atoms with Crippen molar-refractivity contribution < 1.29 is 13.6 Å². The van der Waals surface area contributed by atoms with Gasteiger partial charge in [0.2, 0.25) is 0 Å². The lowest BCUT2D eigenvalue weighted by Gasteiger charge is -2.13. The Labute approximate surface area is 136 Å². The normalized spacial score (nSPS) is 12.0. The Hall–Kier alpha value is -3.09. The Morgan fingerprint density at radius 2 is 1.88 bits per heavy atom. The molecule has 3 rings (SSSR count). The van der Waals surface area contributed by atoms with Crippen molar-refractivity contribution in [3.63, 3.8) is 0 Å². The van der Waals surface area contributed by atoms with Gasteiger partial charge in [0, 0.05) is 0 Å². The molecule has 122 valence electrons. The van der Waals surface area contributed by atoms with E-state index >= 15 is 0 Å². The van der Waals surface area contributed by atoms with Gasteiger partial charge < -0.3 is 5.32 Å².